The minimum absolute atomic E-state index is 0. The lowest BCUT2D eigenvalue weighted by Crippen LogP contribution is -2.45. The first-order valence-electron chi connectivity index (χ1n) is 5.78. The summed E-state index contributed by atoms with van der Waals surface area (Å²) in [4.78, 5) is 25.6. The number of hydrogen-bond acceptors (Lipinski definition) is 4. The highest BCUT2D eigenvalue weighted by atomic mass is 35.5. The number of piperidine rings is 1. The van der Waals surface area contributed by atoms with Crippen molar-refractivity contribution >= 4 is 30.5 Å². The van der Waals surface area contributed by atoms with Crippen molar-refractivity contribution in [3.05, 3.63) is 27.0 Å². The molecule has 2 N–H and O–H groups in total. The molecule has 8 heteroatoms. The summed E-state index contributed by atoms with van der Waals surface area (Å²) >= 11 is 0. The summed E-state index contributed by atoms with van der Waals surface area (Å²) in [5, 5.41) is 0. The molecule has 1 saturated heterocycles. The predicted molar refractivity (Wildman–Crippen MR) is 80.8 cm³/mol. The van der Waals surface area contributed by atoms with Gasteiger partial charge in [-0.05, 0) is 12.8 Å². The van der Waals surface area contributed by atoms with Gasteiger partial charge < -0.3 is 15.2 Å². The molecule has 0 bridgehead atoms. The molecule has 0 radical (unpaired) electrons. The highest BCUT2D eigenvalue weighted by Crippen LogP contribution is 2.14. The molecule has 0 spiro atoms. The Bertz CT molecular complexity index is 532. The Morgan fingerprint density at radius 3 is 2.21 bits per heavy atom. The predicted octanol–water partition coefficient (Wildman–Crippen LogP) is -0.145. The lowest BCUT2D eigenvalue weighted by atomic mass is 10.1. The van der Waals surface area contributed by atoms with Crippen LogP contribution in [0.4, 0.5) is 5.69 Å². The molecule has 19 heavy (non-hydrogen) atoms. The van der Waals surface area contributed by atoms with E-state index in [-0.39, 0.29) is 42.1 Å². The summed E-state index contributed by atoms with van der Waals surface area (Å²) < 4.78 is 2.58. The summed E-state index contributed by atoms with van der Waals surface area (Å²) in [5.74, 6) is 0. The number of rotatable bonds is 1. The number of anilines is 1. The van der Waals surface area contributed by atoms with Gasteiger partial charge >= 0.3 is 5.69 Å². The van der Waals surface area contributed by atoms with Crippen molar-refractivity contribution in [2.24, 2.45) is 19.8 Å². The standard InChI is InChI=1S/C11H18N4O2.2ClH/c1-13-7-9(10(16)14(2)11(13)17)15-5-3-8(12)4-6-15;;/h7-8H,3-6,12H2,1-2H3;2*1H. The maximum atomic E-state index is 12.0. The molecule has 1 aliphatic rings. The minimum Gasteiger partial charge on any atom is -0.366 e. The SMILES string of the molecule is Cl.Cl.Cn1cc(N2CCC(N)CC2)c(=O)n(C)c1=O. The molecule has 1 aliphatic heterocycles. The van der Waals surface area contributed by atoms with Crippen LogP contribution >= 0.6 is 24.8 Å². The third kappa shape index (κ3) is 3.52. The number of hydrogen-bond donors (Lipinski definition) is 1. The summed E-state index contributed by atoms with van der Waals surface area (Å²) in [7, 11) is 3.16. The van der Waals surface area contributed by atoms with Crippen LogP contribution in [0.3, 0.4) is 0 Å². The van der Waals surface area contributed by atoms with Crippen molar-refractivity contribution in [3.63, 3.8) is 0 Å². The van der Waals surface area contributed by atoms with Crippen molar-refractivity contribution < 1.29 is 0 Å². The average Bonchev–Trinajstić information content (AvgIpc) is 2.32. The number of nitrogens with zero attached hydrogens (tertiary/aromatic N) is 3. The average molecular weight is 311 g/mol. The summed E-state index contributed by atoms with van der Waals surface area (Å²) in [5.41, 5.74) is 5.89. The smallest absolute Gasteiger partial charge is 0.330 e. The zero-order chi connectivity index (χ0) is 12.6. The highest BCUT2D eigenvalue weighted by Gasteiger charge is 2.19. The molecule has 1 fully saturated rings. The quantitative estimate of drug-likeness (QED) is 0.783. The normalized spacial score (nSPS) is 15.6. The van der Waals surface area contributed by atoms with E-state index in [0.29, 0.717) is 5.69 Å². The minimum atomic E-state index is -0.299. The van der Waals surface area contributed by atoms with Crippen LogP contribution in [0.15, 0.2) is 15.8 Å². The van der Waals surface area contributed by atoms with Crippen LogP contribution in [0, 0.1) is 0 Å². The molecule has 2 heterocycles. The lowest BCUT2D eigenvalue weighted by Gasteiger charge is -2.31. The van der Waals surface area contributed by atoms with Crippen LogP contribution in [0.25, 0.3) is 0 Å². The zero-order valence-electron chi connectivity index (χ0n) is 11.0. The maximum Gasteiger partial charge on any atom is 0.330 e. The Morgan fingerprint density at radius 2 is 1.68 bits per heavy atom. The molecule has 0 amide bonds. The zero-order valence-corrected chi connectivity index (χ0v) is 12.7. The van der Waals surface area contributed by atoms with Gasteiger partial charge in [0.2, 0.25) is 0 Å². The van der Waals surface area contributed by atoms with Gasteiger partial charge in [0.15, 0.2) is 0 Å². The Kier molecular flexibility index (Phi) is 6.62. The lowest BCUT2D eigenvalue weighted by molar-refractivity contribution is 0.497. The first-order chi connectivity index (χ1) is 8.00. The molecule has 0 unspecified atom stereocenters. The fourth-order valence-corrected chi connectivity index (χ4v) is 2.15. The van der Waals surface area contributed by atoms with E-state index in [1.165, 1.54) is 11.6 Å². The van der Waals surface area contributed by atoms with E-state index in [4.69, 9.17) is 5.73 Å². The second-order valence-corrected chi connectivity index (χ2v) is 4.60. The fourth-order valence-electron chi connectivity index (χ4n) is 2.15. The number of nitrogens with two attached hydrogens (primary N) is 1. The number of halogens is 2. The monoisotopic (exact) mass is 310 g/mol. The first kappa shape index (κ1) is 18.0. The summed E-state index contributed by atoms with van der Waals surface area (Å²) in [6, 6.07) is 0.225. The molecule has 0 atom stereocenters. The third-order valence-corrected chi connectivity index (χ3v) is 3.31. The van der Waals surface area contributed by atoms with E-state index in [0.717, 1.165) is 30.5 Å². The Morgan fingerprint density at radius 1 is 1.16 bits per heavy atom. The number of aryl methyl sites for hydroxylation is 1. The van der Waals surface area contributed by atoms with Gasteiger partial charge in [-0.15, -0.1) is 24.8 Å². The van der Waals surface area contributed by atoms with Gasteiger partial charge in [0.25, 0.3) is 5.56 Å². The molecule has 6 nitrogen and oxygen atoms in total. The van der Waals surface area contributed by atoms with Crippen molar-refractivity contribution in [2.75, 3.05) is 18.0 Å². The molecule has 0 saturated carbocycles. The van der Waals surface area contributed by atoms with Gasteiger partial charge in [-0.25, -0.2) is 4.79 Å². The molecule has 0 aliphatic carbocycles. The van der Waals surface area contributed by atoms with Gasteiger partial charge in [0.05, 0.1) is 0 Å². The van der Waals surface area contributed by atoms with E-state index in [9.17, 15) is 9.59 Å². The van der Waals surface area contributed by atoms with Crippen LogP contribution in [0.2, 0.25) is 0 Å². The topological polar surface area (TPSA) is 73.3 Å². The second-order valence-electron chi connectivity index (χ2n) is 4.60. The van der Waals surface area contributed by atoms with Crippen LogP contribution < -0.4 is 21.9 Å². The van der Waals surface area contributed by atoms with Crippen molar-refractivity contribution in [1.82, 2.24) is 9.13 Å². The molecular formula is C11H20Cl2N4O2. The van der Waals surface area contributed by atoms with Crippen LogP contribution in [-0.2, 0) is 14.1 Å². The molecule has 110 valence electrons. The van der Waals surface area contributed by atoms with Crippen LogP contribution in [0.5, 0.6) is 0 Å². The van der Waals surface area contributed by atoms with E-state index in [1.807, 2.05) is 4.90 Å². The van der Waals surface area contributed by atoms with Crippen molar-refractivity contribution in [1.29, 1.82) is 0 Å². The van der Waals surface area contributed by atoms with E-state index in [1.54, 1.807) is 13.2 Å². The fraction of sp³-hybridized carbons (Fsp3) is 0.636. The second kappa shape index (κ2) is 6.98. The van der Waals surface area contributed by atoms with E-state index >= 15 is 0 Å². The van der Waals surface area contributed by atoms with Crippen molar-refractivity contribution in [3.8, 4) is 0 Å². The van der Waals surface area contributed by atoms with Crippen LogP contribution in [0.1, 0.15) is 12.8 Å². The Hall–Kier alpha value is -0.980. The highest BCUT2D eigenvalue weighted by molar-refractivity contribution is 5.85. The summed E-state index contributed by atoms with van der Waals surface area (Å²) in [6.07, 6.45) is 3.37. The Balaban J connectivity index is 0.00000162. The largest absolute Gasteiger partial charge is 0.366 e. The summed E-state index contributed by atoms with van der Waals surface area (Å²) in [6.45, 7) is 1.54. The third-order valence-electron chi connectivity index (χ3n) is 3.31. The van der Waals surface area contributed by atoms with Crippen LogP contribution in [-0.4, -0.2) is 28.3 Å². The first-order valence-corrected chi connectivity index (χ1v) is 5.78. The van der Waals surface area contributed by atoms with Gasteiger partial charge in [-0.1, -0.05) is 0 Å². The van der Waals surface area contributed by atoms with Gasteiger partial charge in [0.1, 0.15) is 5.69 Å². The molecule has 0 aromatic carbocycles. The number of aromatic nitrogens is 2. The van der Waals surface area contributed by atoms with Gasteiger partial charge in [0, 0.05) is 39.4 Å². The molecule has 1 aromatic rings. The van der Waals surface area contributed by atoms with Gasteiger partial charge in [-0.2, -0.15) is 0 Å². The van der Waals surface area contributed by atoms with E-state index in [2.05, 4.69) is 0 Å². The molecule has 2 rings (SSSR count). The molecular weight excluding hydrogens is 291 g/mol. The maximum absolute atomic E-state index is 12.0. The Labute approximate surface area is 124 Å². The van der Waals surface area contributed by atoms with Gasteiger partial charge in [-0.3, -0.25) is 9.36 Å². The molecule has 1 aromatic heterocycles. The van der Waals surface area contributed by atoms with E-state index < -0.39 is 0 Å². The van der Waals surface area contributed by atoms with Crippen molar-refractivity contribution in [2.45, 2.75) is 18.9 Å².